The van der Waals surface area contributed by atoms with E-state index in [1.165, 1.54) is 5.56 Å². The van der Waals surface area contributed by atoms with Crippen molar-refractivity contribution in [3.63, 3.8) is 0 Å². The molecule has 1 aliphatic heterocycles. The average molecular weight is 286 g/mol. The van der Waals surface area contributed by atoms with E-state index >= 15 is 0 Å². The maximum absolute atomic E-state index is 12.0. The maximum atomic E-state index is 12.0. The van der Waals surface area contributed by atoms with Crippen LogP contribution in [0.5, 0.6) is 5.75 Å². The van der Waals surface area contributed by atoms with Gasteiger partial charge in [-0.1, -0.05) is 6.07 Å². The van der Waals surface area contributed by atoms with E-state index in [0.717, 1.165) is 28.1 Å². The number of ether oxygens (including phenoxy) is 2. The first kappa shape index (κ1) is 13.7. The Hall–Kier alpha value is -2.30. The van der Waals surface area contributed by atoms with E-state index in [1.807, 2.05) is 19.1 Å². The summed E-state index contributed by atoms with van der Waals surface area (Å²) in [5.74, 6) is 0.495. The van der Waals surface area contributed by atoms with Gasteiger partial charge in [0.2, 0.25) is 0 Å². The van der Waals surface area contributed by atoms with Crippen LogP contribution in [0, 0.1) is 13.8 Å². The summed E-state index contributed by atoms with van der Waals surface area (Å²) in [5.41, 5.74) is 5.31. The molecule has 1 aliphatic rings. The molecule has 21 heavy (non-hydrogen) atoms. The predicted molar refractivity (Wildman–Crippen MR) is 78.7 cm³/mol. The summed E-state index contributed by atoms with van der Waals surface area (Å²) >= 11 is 0. The molecule has 2 aromatic rings. The first-order valence-corrected chi connectivity index (χ1v) is 7.11. The fourth-order valence-corrected chi connectivity index (χ4v) is 2.62. The first-order valence-electron chi connectivity index (χ1n) is 7.11. The number of nitrogens with one attached hydrogen (secondary N) is 1. The highest BCUT2D eigenvalue weighted by Crippen LogP contribution is 2.38. The highest BCUT2D eigenvalue weighted by molar-refractivity contribution is 5.92. The molecule has 0 atom stereocenters. The number of aryl methyl sites for hydroxylation is 1. The molecular formula is C16H18N2O3. The molecule has 0 aliphatic carbocycles. The van der Waals surface area contributed by atoms with E-state index in [2.05, 4.69) is 17.1 Å². The first-order chi connectivity index (χ1) is 10.1. The minimum absolute atomic E-state index is 0.345. The molecule has 5 nitrogen and oxygen atoms in total. The molecular weight excluding hydrogens is 268 g/mol. The lowest BCUT2D eigenvalue weighted by Gasteiger charge is -2.12. The van der Waals surface area contributed by atoms with E-state index in [-0.39, 0.29) is 5.97 Å². The molecule has 0 radical (unpaired) electrons. The van der Waals surface area contributed by atoms with Gasteiger partial charge >= 0.3 is 5.97 Å². The summed E-state index contributed by atoms with van der Waals surface area (Å²) in [6, 6.07) is 4.04. The molecule has 0 bridgehead atoms. The van der Waals surface area contributed by atoms with Gasteiger partial charge in [-0.2, -0.15) is 5.10 Å². The minimum atomic E-state index is -0.362. The molecule has 0 amide bonds. The number of nitrogens with zero attached hydrogens (tertiary/aromatic N) is 1. The standard InChI is InChI=1S/C16H18N2O3/c1-4-20-16(19)14-11-7-8-21-15-10(3)9(2)5-6-12(15)13(11)17-18-14/h5-6H,4,7-8H2,1-3H3,(H,17,18). The lowest BCUT2D eigenvalue weighted by atomic mass is 9.99. The fraction of sp³-hybridized carbons (Fsp3) is 0.375. The quantitative estimate of drug-likeness (QED) is 0.862. The second-order valence-corrected chi connectivity index (χ2v) is 5.13. The van der Waals surface area contributed by atoms with Crippen molar-refractivity contribution >= 4 is 5.97 Å². The van der Waals surface area contributed by atoms with Gasteiger partial charge in [0.25, 0.3) is 0 Å². The fourth-order valence-electron chi connectivity index (χ4n) is 2.62. The van der Waals surface area contributed by atoms with Crippen LogP contribution in [-0.4, -0.2) is 29.4 Å². The zero-order valence-corrected chi connectivity index (χ0v) is 12.4. The van der Waals surface area contributed by atoms with Gasteiger partial charge in [0.15, 0.2) is 0 Å². The molecule has 1 N–H and O–H groups in total. The molecule has 1 aromatic heterocycles. The van der Waals surface area contributed by atoms with Crippen molar-refractivity contribution in [2.45, 2.75) is 27.2 Å². The van der Waals surface area contributed by atoms with Crippen molar-refractivity contribution in [2.75, 3.05) is 13.2 Å². The number of aromatic amines is 1. The number of fused-ring (bicyclic) bond motifs is 3. The Morgan fingerprint density at radius 1 is 1.43 bits per heavy atom. The molecule has 5 heteroatoms. The van der Waals surface area contributed by atoms with Crippen molar-refractivity contribution < 1.29 is 14.3 Å². The van der Waals surface area contributed by atoms with E-state index in [1.54, 1.807) is 6.92 Å². The number of carbonyl (C=O) groups is 1. The predicted octanol–water partition coefficient (Wildman–Crippen LogP) is 2.81. The van der Waals surface area contributed by atoms with E-state index in [0.29, 0.717) is 25.3 Å². The summed E-state index contributed by atoms with van der Waals surface area (Å²) in [4.78, 5) is 12.0. The Morgan fingerprint density at radius 3 is 3.00 bits per heavy atom. The van der Waals surface area contributed by atoms with Gasteiger partial charge in [0.05, 0.1) is 18.9 Å². The third kappa shape index (κ3) is 2.18. The van der Waals surface area contributed by atoms with E-state index in [9.17, 15) is 4.79 Å². The summed E-state index contributed by atoms with van der Waals surface area (Å²) in [6.07, 6.45) is 0.632. The number of esters is 1. The summed E-state index contributed by atoms with van der Waals surface area (Å²) in [6.45, 7) is 6.75. The highest BCUT2D eigenvalue weighted by Gasteiger charge is 2.26. The van der Waals surface area contributed by atoms with Gasteiger partial charge < -0.3 is 9.47 Å². The monoisotopic (exact) mass is 286 g/mol. The largest absolute Gasteiger partial charge is 0.492 e. The lowest BCUT2D eigenvalue weighted by Crippen LogP contribution is -2.09. The normalized spacial score (nSPS) is 12.9. The van der Waals surface area contributed by atoms with Crippen LogP contribution in [0.3, 0.4) is 0 Å². The maximum Gasteiger partial charge on any atom is 0.356 e. The second kappa shape index (κ2) is 5.24. The van der Waals surface area contributed by atoms with Crippen molar-refractivity contribution in [1.82, 2.24) is 10.2 Å². The molecule has 3 rings (SSSR count). The summed E-state index contributed by atoms with van der Waals surface area (Å²) in [7, 11) is 0. The van der Waals surface area contributed by atoms with Gasteiger partial charge in [-0.3, -0.25) is 5.10 Å². The molecule has 1 aromatic carbocycles. The van der Waals surface area contributed by atoms with E-state index < -0.39 is 0 Å². The molecule has 0 unspecified atom stereocenters. The van der Waals surface area contributed by atoms with Crippen LogP contribution in [0.25, 0.3) is 11.3 Å². The van der Waals surface area contributed by atoms with Gasteiger partial charge in [-0.15, -0.1) is 0 Å². The number of H-pyrrole nitrogens is 1. The third-order valence-electron chi connectivity index (χ3n) is 3.88. The SMILES string of the molecule is CCOC(=O)c1[nH]nc2c1CCOc1c-2ccc(C)c1C. The Kier molecular flexibility index (Phi) is 3.41. The Labute approximate surface area is 123 Å². The average Bonchev–Trinajstić information content (AvgIpc) is 2.79. The van der Waals surface area contributed by atoms with Crippen molar-refractivity contribution in [1.29, 1.82) is 0 Å². The topological polar surface area (TPSA) is 64.2 Å². The number of aromatic nitrogens is 2. The smallest absolute Gasteiger partial charge is 0.356 e. The zero-order chi connectivity index (χ0) is 15.0. The van der Waals surface area contributed by atoms with Gasteiger partial charge in [0, 0.05) is 17.5 Å². The zero-order valence-electron chi connectivity index (χ0n) is 12.4. The minimum Gasteiger partial charge on any atom is -0.492 e. The highest BCUT2D eigenvalue weighted by atomic mass is 16.5. The number of hydrogen-bond acceptors (Lipinski definition) is 4. The molecule has 110 valence electrons. The Bertz CT molecular complexity index is 704. The van der Waals surface area contributed by atoms with Crippen LogP contribution in [0.2, 0.25) is 0 Å². The number of carbonyl (C=O) groups excluding carboxylic acids is 1. The second-order valence-electron chi connectivity index (χ2n) is 5.13. The summed E-state index contributed by atoms with van der Waals surface area (Å²) < 4.78 is 11.0. The van der Waals surface area contributed by atoms with Gasteiger partial charge in [0.1, 0.15) is 11.4 Å². The summed E-state index contributed by atoms with van der Waals surface area (Å²) in [5, 5.41) is 7.15. The van der Waals surface area contributed by atoms with Crippen molar-refractivity contribution in [3.8, 4) is 17.0 Å². The van der Waals surface area contributed by atoms with Crippen LogP contribution < -0.4 is 4.74 Å². The number of rotatable bonds is 2. The number of hydrogen-bond donors (Lipinski definition) is 1. The van der Waals surface area contributed by atoms with Crippen LogP contribution in [0.4, 0.5) is 0 Å². The van der Waals surface area contributed by atoms with Gasteiger partial charge in [-0.25, -0.2) is 4.79 Å². The molecule has 2 heterocycles. The van der Waals surface area contributed by atoms with Crippen molar-refractivity contribution in [3.05, 3.63) is 34.5 Å². The van der Waals surface area contributed by atoms with Crippen LogP contribution >= 0.6 is 0 Å². The Morgan fingerprint density at radius 2 is 2.24 bits per heavy atom. The lowest BCUT2D eigenvalue weighted by molar-refractivity contribution is 0.0518. The molecule has 0 saturated heterocycles. The van der Waals surface area contributed by atoms with Crippen molar-refractivity contribution in [2.24, 2.45) is 0 Å². The molecule has 0 fully saturated rings. The van der Waals surface area contributed by atoms with Crippen LogP contribution in [-0.2, 0) is 11.2 Å². The van der Waals surface area contributed by atoms with Gasteiger partial charge in [-0.05, 0) is 38.0 Å². The Balaban J connectivity index is 2.14. The van der Waals surface area contributed by atoms with Crippen LogP contribution in [0.15, 0.2) is 12.1 Å². The van der Waals surface area contributed by atoms with Crippen LogP contribution in [0.1, 0.15) is 34.1 Å². The molecule has 0 saturated carbocycles. The molecule has 0 spiro atoms. The van der Waals surface area contributed by atoms with E-state index in [4.69, 9.17) is 9.47 Å². The number of benzene rings is 1. The third-order valence-corrected chi connectivity index (χ3v) is 3.88.